The highest BCUT2D eigenvalue weighted by Gasteiger charge is 2.37. The Balaban J connectivity index is 1.89. The van der Waals surface area contributed by atoms with Gasteiger partial charge < -0.3 is 9.84 Å². The van der Waals surface area contributed by atoms with E-state index in [1.54, 1.807) is 0 Å². The van der Waals surface area contributed by atoms with Crippen LogP contribution in [0, 0.1) is 0 Å². The number of ether oxygens (including phenoxy) is 1. The first-order valence-electron chi connectivity index (χ1n) is 5.56. The first-order valence-corrected chi connectivity index (χ1v) is 5.56. The zero-order valence-electron chi connectivity index (χ0n) is 9.15. The van der Waals surface area contributed by atoms with Gasteiger partial charge in [0.15, 0.2) is 0 Å². The molecular weight excluding hydrogens is 188 g/mol. The van der Waals surface area contributed by atoms with Crippen LogP contribution in [0.5, 0.6) is 0 Å². The third kappa shape index (κ3) is 2.58. The average molecular weight is 206 g/mol. The van der Waals surface area contributed by atoms with Gasteiger partial charge in [-0.15, -0.1) is 0 Å². The lowest BCUT2D eigenvalue weighted by Crippen LogP contribution is -2.35. The van der Waals surface area contributed by atoms with Crippen molar-refractivity contribution in [2.45, 2.75) is 44.5 Å². The molecule has 0 radical (unpaired) electrons. The van der Waals surface area contributed by atoms with Crippen LogP contribution in [0.25, 0.3) is 0 Å². The minimum atomic E-state index is -0.630. The molecule has 1 fully saturated rings. The Kier molecular flexibility index (Phi) is 3.08. The van der Waals surface area contributed by atoms with Crippen molar-refractivity contribution in [2.75, 3.05) is 0 Å². The van der Waals surface area contributed by atoms with Gasteiger partial charge in [-0.1, -0.05) is 30.3 Å². The number of aliphatic hydroxyl groups is 1. The van der Waals surface area contributed by atoms with Crippen molar-refractivity contribution >= 4 is 0 Å². The minimum Gasteiger partial charge on any atom is -0.387 e. The summed E-state index contributed by atoms with van der Waals surface area (Å²) in [5, 5.41) is 10.0. The van der Waals surface area contributed by atoms with Crippen LogP contribution in [-0.2, 0) is 11.3 Å². The molecule has 0 aliphatic heterocycles. The number of hydrogen-bond acceptors (Lipinski definition) is 2. The van der Waals surface area contributed by atoms with Crippen LogP contribution in [0.15, 0.2) is 30.3 Å². The molecule has 82 valence electrons. The Morgan fingerprint density at radius 1 is 1.40 bits per heavy atom. The van der Waals surface area contributed by atoms with Crippen LogP contribution in [0.1, 0.15) is 31.7 Å². The summed E-state index contributed by atoms with van der Waals surface area (Å²) in [5.41, 5.74) is 0.537. The van der Waals surface area contributed by atoms with Crippen molar-refractivity contribution in [3.05, 3.63) is 35.9 Å². The van der Waals surface area contributed by atoms with Gasteiger partial charge in [0.1, 0.15) is 0 Å². The highest BCUT2D eigenvalue weighted by atomic mass is 16.5. The molecule has 2 unspecified atom stereocenters. The summed E-state index contributed by atoms with van der Waals surface area (Å²) in [6.45, 7) is 2.47. The summed E-state index contributed by atoms with van der Waals surface area (Å²) in [4.78, 5) is 0. The quantitative estimate of drug-likeness (QED) is 0.823. The highest BCUT2D eigenvalue weighted by Crippen LogP contribution is 2.32. The predicted molar refractivity (Wildman–Crippen MR) is 59.5 cm³/mol. The third-order valence-electron chi connectivity index (χ3n) is 3.14. The maximum Gasteiger partial charge on any atom is 0.0880 e. The fraction of sp³-hybridized carbons (Fsp3) is 0.538. The van der Waals surface area contributed by atoms with E-state index in [-0.39, 0.29) is 6.10 Å². The molecule has 1 aliphatic rings. The molecule has 0 amide bonds. The maximum atomic E-state index is 10.0. The lowest BCUT2D eigenvalue weighted by Gasteiger charge is -2.25. The zero-order valence-corrected chi connectivity index (χ0v) is 9.15. The molecule has 1 saturated carbocycles. The Bertz CT molecular complexity index is 306. The summed E-state index contributed by atoms with van der Waals surface area (Å²) in [6.07, 6.45) is 2.89. The zero-order chi connectivity index (χ0) is 10.7. The normalized spacial score (nSPS) is 30.7. The second-order valence-corrected chi connectivity index (χ2v) is 4.53. The first kappa shape index (κ1) is 10.7. The van der Waals surface area contributed by atoms with E-state index in [0.29, 0.717) is 6.61 Å². The van der Waals surface area contributed by atoms with Crippen molar-refractivity contribution < 1.29 is 9.84 Å². The molecule has 0 heterocycles. The second-order valence-electron chi connectivity index (χ2n) is 4.53. The van der Waals surface area contributed by atoms with Crippen LogP contribution >= 0.6 is 0 Å². The Morgan fingerprint density at radius 3 is 2.73 bits per heavy atom. The van der Waals surface area contributed by atoms with Crippen molar-refractivity contribution in [3.8, 4) is 0 Å². The number of hydrogen-bond donors (Lipinski definition) is 1. The maximum absolute atomic E-state index is 10.0. The van der Waals surface area contributed by atoms with Crippen molar-refractivity contribution in [3.63, 3.8) is 0 Å². The van der Waals surface area contributed by atoms with Crippen molar-refractivity contribution in [1.82, 2.24) is 0 Å². The largest absolute Gasteiger partial charge is 0.387 e. The van der Waals surface area contributed by atoms with E-state index in [0.717, 1.165) is 19.3 Å². The van der Waals surface area contributed by atoms with Gasteiger partial charge in [0.25, 0.3) is 0 Å². The lowest BCUT2D eigenvalue weighted by molar-refractivity contribution is -0.0851. The van der Waals surface area contributed by atoms with Gasteiger partial charge in [-0.3, -0.25) is 0 Å². The van der Waals surface area contributed by atoms with Crippen molar-refractivity contribution in [1.29, 1.82) is 0 Å². The Labute approximate surface area is 90.9 Å². The van der Waals surface area contributed by atoms with E-state index in [9.17, 15) is 5.11 Å². The molecule has 0 aromatic heterocycles. The molecule has 2 nitrogen and oxygen atoms in total. The number of benzene rings is 1. The molecule has 1 N–H and O–H groups in total. The van der Waals surface area contributed by atoms with Crippen LogP contribution in [-0.4, -0.2) is 16.8 Å². The molecule has 0 saturated heterocycles. The topological polar surface area (TPSA) is 29.5 Å². The fourth-order valence-corrected chi connectivity index (χ4v) is 2.15. The van der Waals surface area contributed by atoms with Crippen LogP contribution in [0.4, 0.5) is 0 Å². The molecule has 2 heteroatoms. The van der Waals surface area contributed by atoms with Gasteiger partial charge in [0, 0.05) is 0 Å². The summed E-state index contributed by atoms with van der Waals surface area (Å²) in [6, 6.07) is 10.1. The summed E-state index contributed by atoms with van der Waals surface area (Å²) < 4.78 is 5.75. The highest BCUT2D eigenvalue weighted by molar-refractivity contribution is 5.13. The van der Waals surface area contributed by atoms with Crippen molar-refractivity contribution in [2.24, 2.45) is 0 Å². The second kappa shape index (κ2) is 4.33. The fourth-order valence-electron chi connectivity index (χ4n) is 2.15. The van der Waals surface area contributed by atoms with Gasteiger partial charge in [-0.05, 0) is 31.7 Å². The standard InChI is InChI=1S/C13H18O2/c1-13(14)9-5-8-12(13)15-10-11-6-3-2-4-7-11/h2-4,6-7,12,14H,5,8-10H2,1H3. The van der Waals surface area contributed by atoms with Gasteiger partial charge >= 0.3 is 0 Å². The van der Waals surface area contributed by atoms with Gasteiger partial charge in [-0.25, -0.2) is 0 Å². The molecule has 1 aromatic rings. The predicted octanol–water partition coefficient (Wildman–Crippen LogP) is 2.51. The van der Waals surface area contributed by atoms with E-state index in [2.05, 4.69) is 0 Å². The molecule has 2 rings (SSSR count). The molecule has 1 aromatic carbocycles. The average Bonchev–Trinajstić information content (AvgIpc) is 2.56. The van der Waals surface area contributed by atoms with Crippen LogP contribution in [0.2, 0.25) is 0 Å². The third-order valence-corrected chi connectivity index (χ3v) is 3.14. The molecular formula is C13H18O2. The van der Waals surface area contributed by atoms with Gasteiger partial charge in [-0.2, -0.15) is 0 Å². The summed E-state index contributed by atoms with van der Waals surface area (Å²) >= 11 is 0. The van der Waals surface area contributed by atoms with Crippen LogP contribution in [0.3, 0.4) is 0 Å². The van der Waals surface area contributed by atoms with E-state index < -0.39 is 5.60 Å². The lowest BCUT2D eigenvalue weighted by atomic mass is 10.0. The first-order chi connectivity index (χ1) is 7.18. The molecule has 0 bridgehead atoms. The molecule has 0 spiro atoms. The van der Waals surface area contributed by atoms with Gasteiger partial charge in [0.05, 0.1) is 18.3 Å². The molecule has 15 heavy (non-hydrogen) atoms. The Hall–Kier alpha value is -0.860. The summed E-state index contributed by atoms with van der Waals surface area (Å²) in [7, 11) is 0. The monoisotopic (exact) mass is 206 g/mol. The van der Waals surface area contributed by atoms with E-state index in [1.165, 1.54) is 5.56 Å². The molecule has 1 aliphatic carbocycles. The van der Waals surface area contributed by atoms with E-state index in [1.807, 2.05) is 37.3 Å². The summed E-state index contributed by atoms with van der Waals surface area (Å²) in [5.74, 6) is 0. The molecule has 2 atom stereocenters. The number of rotatable bonds is 3. The Morgan fingerprint density at radius 2 is 2.13 bits per heavy atom. The SMILES string of the molecule is CC1(O)CCCC1OCc1ccccc1. The van der Waals surface area contributed by atoms with E-state index >= 15 is 0 Å². The smallest absolute Gasteiger partial charge is 0.0880 e. The van der Waals surface area contributed by atoms with Crippen LogP contribution < -0.4 is 0 Å². The van der Waals surface area contributed by atoms with E-state index in [4.69, 9.17) is 4.74 Å². The van der Waals surface area contributed by atoms with Gasteiger partial charge in [0.2, 0.25) is 0 Å². The minimum absolute atomic E-state index is 0.00212.